The third-order valence-electron chi connectivity index (χ3n) is 2.66. The third-order valence-corrected chi connectivity index (χ3v) is 4.50. The van der Waals surface area contributed by atoms with E-state index in [9.17, 15) is 8.42 Å². The van der Waals surface area contributed by atoms with E-state index in [1.54, 1.807) is 0 Å². The molecule has 1 aromatic rings. The molecule has 6 heteroatoms. The van der Waals surface area contributed by atoms with E-state index in [0.29, 0.717) is 13.0 Å². The van der Waals surface area contributed by atoms with Gasteiger partial charge in [0.05, 0.1) is 11.4 Å². The number of benzene rings is 1. The number of fused-ring (bicyclic) bond motifs is 1. The number of hydrogen-bond acceptors (Lipinski definition) is 4. The minimum atomic E-state index is -3.83. The lowest BCUT2D eigenvalue weighted by Crippen LogP contribution is -2.31. The Morgan fingerprint density at radius 1 is 1.35 bits per heavy atom. The lowest BCUT2D eigenvalue weighted by molar-refractivity contribution is 0.481. The Kier molecular flexibility index (Phi) is 3.96. The third kappa shape index (κ3) is 3.62. The molecule has 0 saturated heterocycles. The molecule has 1 heterocycles. The van der Waals surface area contributed by atoms with Crippen LogP contribution >= 0.6 is 11.8 Å². The molecule has 1 N–H and O–H groups in total. The highest BCUT2D eigenvalue weighted by Crippen LogP contribution is 2.34. The first-order chi connectivity index (χ1) is 8.06. The van der Waals surface area contributed by atoms with E-state index < -0.39 is 10.1 Å². The second-order valence-electron chi connectivity index (χ2n) is 3.94. The first-order valence-electron chi connectivity index (χ1n) is 5.48. The molecule has 1 aliphatic heterocycles. The van der Waals surface area contributed by atoms with E-state index in [2.05, 4.69) is 17.0 Å². The van der Waals surface area contributed by atoms with Crippen LogP contribution in [-0.2, 0) is 10.1 Å². The quantitative estimate of drug-likeness (QED) is 0.849. The Morgan fingerprint density at radius 2 is 2.12 bits per heavy atom. The fraction of sp³-hybridized carbons (Fsp3) is 0.455. The summed E-state index contributed by atoms with van der Waals surface area (Å²) in [6.45, 7) is 1.59. The minimum absolute atomic E-state index is 0.168. The van der Waals surface area contributed by atoms with Gasteiger partial charge in [0.25, 0.3) is 10.1 Å². The van der Waals surface area contributed by atoms with Gasteiger partial charge in [-0.15, -0.1) is 11.8 Å². The van der Waals surface area contributed by atoms with Crippen LogP contribution in [0, 0.1) is 0 Å². The lowest BCUT2D eigenvalue weighted by Gasteiger charge is -2.30. The molecule has 0 bridgehead atoms. The Balaban J connectivity index is 1.99. The van der Waals surface area contributed by atoms with Gasteiger partial charge in [0.15, 0.2) is 0 Å². The van der Waals surface area contributed by atoms with E-state index in [1.807, 2.05) is 23.9 Å². The lowest BCUT2D eigenvalue weighted by atomic mass is 10.2. The molecule has 1 aromatic carbocycles. The molecule has 17 heavy (non-hydrogen) atoms. The van der Waals surface area contributed by atoms with Gasteiger partial charge in [-0.25, -0.2) is 0 Å². The van der Waals surface area contributed by atoms with Crippen LogP contribution in [0.15, 0.2) is 29.2 Å². The zero-order valence-electron chi connectivity index (χ0n) is 9.37. The van der Waals surface area contributed by atoms with Crippen molar-refractivity contribution >= 4 is 27.6 Å². The largest absolute Gasteiger partial charge is 0.370 e. The molecular weight excluding hydrogens is 258 g/mol. The van der Waals surface area contributed by atoms with Gasteiger partial charge in [-0.3, -0.25) is 4.55 Å². The molecular formula is C11H15NO3S2. The highest BCUT2D eigenvalue weighted by molar-refractivity contribution is 7.99. The van der Waals surface area contributed by atoms with E-state index in [0.717, 1.165) is 12.3 Å². The van der Waals surface area contributed by atoms with Crippen LogP contribution in [0.25, 0.3) is 0 Å². The monoisotopic (exact) mass is 273 g/mol. The maximum Gasteiger partial charge on any atom is 0.264 e. The van der Waals surface area contributed by atoms with Gasteiger partial charge in [-0.1, -0.05) is 12.1 Å². The maximum atomic E-state index is 10.7. The number of para-hydroxylation sites is 1. The predicted molar refractivity (Wildman–Crippen MR) is 70.4 cm³/mol. The summed E-state index contributed by atoms with van der Waals surface area (Å²) < 4.78 is 30.0. The molecule has 0 atom stereocenters. The smallest absolute Gasteiger partial charge is 0.264 e. The van der Waals surface area contributed by atoms with Crippen LogP contribution in [0.2, 0.25) is 0 Å². The van der Waals surface area contributed by atoms with Crippen molar-refractivity contribution in [2.24, 2.45) is 0 Å². The van der Waals surface area contributed by atoms with Gasteiger partial charge in [-0.2, -0.15) is 8.42 Å². The van der Waals surface area contributed by atoms with Crippen LogP contribution in [0.5, 0.6) is 0 Å². The first kappa shape index (κ1) is 12.7. The zero-order chi connectivity index (χ0) is 12.3. The average Bonchev–Trinajstić information content (AvgIpc) is 2.28. The molecule has 1 aliphatic rings. The molecule has 0 spiro atoms. The summed E-state index contributed by atoms with van der Waals surface area (Å²) in [7, 11) is -3.83. The topological polar surface area (TPSA) is 57.6 Å². The number of thioether (sulfide) groups is 1. The highest BCUT2D eigenvalue weighted by Gasteiger charge is 2.16. The summed E-state index contributed by atoms with van der Waals surface area (Å²) in [6, 6.07) is 8.12. The Bertz CT molecular complexity index is 487. The van der Waals surface area contributed by atoms with Crippen molar-refractivity contribution in [2.45, 2.75) is 11.3 Å². The second kappa shape index (κ2) is 5.29. The molecule has 0 fully saturated rings. The number of nitrogens with zero attached hydrogens (tertiary/aromatic N) is 1. The predicted octanol–water partition coefficient (Wildman–Crippen LogP) is 1.88. The Morgan fingerprint density at radius 3 is 2.88 bits per heavy atom. The second-order valence-corrected chi connectivity index (χ2v) is 6.65. The Hall–Kier alpha value is -0.720. The van der Waals surface area contributed by atoms with Crippen molar-refractivity contribution < 1.29 is 13.0 Å². The minimum Gasteiger partial charge on any atom is -0.370 e. The van der Waals surface area contributed by atoms with E-state index >= 15 is 0 Å². The summed E-state index contributed by atoms with van der Waals surface area (Å²) >= 11 is 1.82. The number of rotatable bonds is 4. The van der Waals surface area contributed by atoms with Crippen LogP contribution < -0.4 is 4.90 Å². The molecule has 4 nitrogen and oxygen atoms in total. The fourth-order valence-corrected chi connectivity index (χ4v) is 3.44. The van der Waals surface area contributed by atoms with Crippen LogP contribution in [0.4, 0.5) is 5.69 Å². The summed E-state index contributed by atoms with van der Waals surface area (Å²) in [4.78, 5) is 3.42. The molecule has 2 rings (SSSR count). The molecule has 0 radical (unpaired) electrons. The average molecular weight is 273 g/mol. The van der Waals surface area contributed by atoms with Gasteiger partial charge in [0, 0.05) is 23.7 Å². The van der Waals surface area contributed by atoms with Gasteiger partial charge in [0.2, 0.25) is 0 Å². The normalized spacial score (nSPS) is 15.7. The van der Waals surface area contributed by atoms with Crippen molar-refractivity contribution in [1.82, 2.24) is 0 Å². The molecule has 0 unspecified atom stereocenters. The molecule has 0 aliphatic carbocycles. The standard InChI is InChI=1S/C11H15NO3S2/c13-17(14,15)9-3-6-12-7-8-16-11-5-2-1-4-10(11)12/h1-2,4-5H,3,6-9H2,(H,13,14,15). The van der Waals surface area contributed by atoms with Crippen molar-refractivity contribution in [3.8, 4) is 0 Å². The van der Waals surface area contributed by atoms with Crippen molar-refractivity contribution in [3.05, 3.63) is 24.3 Å². The van der Waals surface area contributed by atoms with Crippen molar-refractivity contribution in [3.63, 3.8) is 0 Å². The number of hydrogen-bond donors (Lipinski definition) is 1. The fourth-order valence-electron chi connectivity index (χ4n) is 1.90. The summed E-state index contributed by atoms with van der Waals surface area (Å²) in [5, 5.41) is 0. The molecule has 94 valence electrons. The molecule has 0 aromatic heterocycles. The summed E-state index contributed by atoms with van der Waals surface area (Å²) in [5.41, 5.74) is 1.17. The van der Waals surface area contributed by atoms with Crippen LogP contribution in [0.3, 0.4) is 0 Å². The van der Waals surface area contributed by atoms with Gasteiger partial charge in [-0.05, 0) is 18.6 Å². The van der Waals surface area contributed by atoms with Crippen molar-refractivity contribution in [2.75, 3.05) is 29.5 Å². The highest BCUT2D eigenvalue weighted by atomic mass is 32.2. The Labute approximate surface area is 106 Å². The van der Waals surface area contributed by atoms with Gasteiger partial charge < -0.3 is 4.90 Å². The van der Waals surface area contributed by atoms with E-state index in [4.69, 9.17) is 4.55 Å². The van der Waals surface area contributed by atoms with Crippen LogP contribution in [0.1, 0.15) is 6.42 Å². The SMILES string of the molecule is O=S(=O)(O)CCCN1CCSc2ccccc21. The van der Waals surface area contributed by atoms with Gasteiger partial charge in [0.1, 0.15) is 0 Å². The van der Waals surface area contributed by atoms with E-state index in [-0.39, 0.29) is 5.75 Å². The molecule has 0 saturated carbocycles. The number of anilines is 1. The summed E-state index contributed by atoms with van der Waals surface area (Å²) in [5.74, 6) is 0.849. The first-order valence-corrected chi connectivity index (χ1v) is 8.08. The summed E-state index contributed by atoms with van der Waals surface area (Å²) in [6.07, 6.45) is 0.456. The maximum absolute atomic E-state index is 10.7. The van der Waals surface area contributed by atoms with E-state index in [1.165, 1.54) is 10.6 Å². The van der Waals surface area contributed by atoms with Gasteiger partial charge >= 0.3 is 0 Å². The van der Waals surface area contributed by atoms with Crippen LogP contribution in [-0.4, -0.2) is 37.6 Å². The zero-order valence-corrected chi connectivity index (χ0v) is 11.0. The molecule has 0 amide bonds. The van der Waals surface area contributed by atoms with Crippen molar-refractivity contribution in [1.29, 1.82) is 0 Å².